The molecular weight excluding hydrogens is 434 g/mol. The Bertz CT molecular complexity index is 1140. The standard InChI is InChI=1S/C21H23N5O7/c1-5-26(17-11-14(24-33-17)18(27)23-30)19(28)15-10-16(32-25-15)12-6-8-13(9-7-12)22-20(29)31-21(2,3)4/h6-11,30H,5H2,1-4H3,(H,22,29)(H,23,27). The fourth-order valence-electron chi connectivity index (χ4n) is 2.75. The summed E-state index contributed by atoms with van der Waals surface area (Å²) in [4.78, 5) is 37.4. The first-order valence-corrected chi connectivity index (χ1v) is 9.91. The van der Waals surface area contributed by atoms with E-state index in [1.54, 1.807) is 52.0 Å². The van der Waals surface area contributed by atoms with E-state index in [0.29, 0.717) is 17.0 Å². The number of nitrogens with zero attached hydrogens (tertiary/aromatic N) is 3. The second-order valence-electron chi connectivity index (χ2n) is 7.82. The number of hydrogen-bond acceptors (Lipinski definition) is 9. The van der Waals surface area contributed by atoms with Crippen molar-refractivity contribution in [3.8, 4) is 11.3 Å². The molecule has 3 rings (SSSR count). The molecule has 0 spiro atoms. The number of ether oxygens (including phenoxy) is 1. The number of carbonyl (C=O) groups is 3. The molecule has 0 saturated carbocycles. The zero-order chi connectivity index (χ0) is 24.2. The van der Waals surface area contributed by atoms with Crippen LogP contribution in [0.2, 0.25) is 0 Å². The summed E-state index contributed by atoms with van der Waals surface area (Å²) in [6, 6.07) is 9.36. The highest BCUT2D eigenvalue weighted by molar-refractivity contribution is 6.05. The number of hydrogen-bond donors (Lipinski definition) is 3. The highest BCUT2D eigenvalue weighted by Crippen LogP contribution is 2.25. The van der Waals surface area contributed by atoms with Crippen molar-refractivity contribution in [2.45, 2.75) is 33.3 Å². The van der Waals surface area contributed by atoms with Crippen molar-refractivity contribution in [2.24, 2.45) is 0 Å². The van der Waals surface area contributed by atoms with Crippen LogP contribution in [-0.4, -0.2) is 45.6 Å². The minimum atomic E-state index is -0.873. The molecule has 0 aliphatic heterocycles. The molecule has 0 fully saturated rings. The van der Waals surface area contributed by atoms with Gasteiger partial charge in [-0.05, 0) is 52.0 Å². The number of aromatic nitrogens is 2. The van der Waals surface area contributed by atoms with Crippen LogP contribution in [0.25, 0.3) is 11.3 Å². The molecule has 3 aromatic rings. The maximum absolute atomic E-state index is 12.9. The van der Waals surface area contributed by atoms with Gasteiger partial charge in [-0.3, -0.25) is 25.0 Å². The van der Waals surface area contributed by atoms with Crippen LogP contribution in [0.4, 0.5) is 16.4 Å². The topological polar surface area (TPSA) is 160 Å². The molecule has 174 valence electrons. The summed E-state index contributed by atoms with van der Waals surface area (Å²) in [7, 11) is 0. The average molecular weight is 457 g/mol. The molecule has 3 amide bonds. The summed E-state index contributed by atoms with van der Waals surface area (Å²) >= 11 is 0. The summed E-state index contributed by atoms with van der Waals surface area (Å²) in [5, 5.41) is 18.6. The van der Waals surface area contributed by atoms with Crippen LogP contribution in [0.5, 0.6) is 0 Å². The number of carbonyl (C=O) groups excluding carboxylic acids is 3. The Kier molecular flexibility index (Phi) is 6.78. The van der Waals surface area contributed by atoms with E-state index in [-0.39, 0.29) is 23.8 Å². The van der Waals surface area contributed by atoms with Crippen LogP contribution in [0.15, 0.2) is 45.4 Å². The summed E-state index contributed by atoms with van der Waals surface area (Å²) in [6.45, 7) is 7.20. The number of rotatable bonds is 6. The van der Waals surface area contributed by atoms with Crippen LogP contribution in [0.3, 0.4) is 0 Å². The van der Waals surface area contributed by atoms with E-state index < -0.39 is 23.5 Å². The first kappa shape index (κ1) is 23.5. The quantitative estimate of drug-likeness (QED) is 0.372. The van der Waals surface area contributed by atoms with E-state index >= 15 is 0 Å². The normalized spacial score (nSPS) is 11.1. The van der Waals surface area contributed by atoms with Crippen molar-refractivity contribution < 1.29 is 33.4 Å². The third kappa shape index (κ3) is 5.74. The van der Waals surface area contributed by atoms with Gasteiger partial charge in [0.1, 0.15) is 5.60 Å². The van der Waals surface area contributed by atoms with E-state index in [1.165, 1.54) is 22.5 Å². The van der Waals surface area contributed by atoms with Gasteiger partial charge >= 0.3 is 6.09 Å². The Morgan fingerprint density at radius 3 is 2.33 bits per heavy atom. The van der Waals surface area contributed by atoms with Gasteiger partial charge in [0, 0.05) is 29.9 Å². The first-order valence-electron chi connectivity index (χ1n) is 9.91. The molecule has 1 aromatic carbocycles. The summed E-state index contributed by atoms with van der Waals surface area (Å²) in [6.07, 6.45) is -0.575. The highest BCUT2D eigenvalue weighted by atomic mass is 16.6. The molecule has 2 aromatic heterocycles. The third-order valence-corrected chi connectivity index (χ3v) is 4.20. The van der Waals surface area contributed by atoms with E-state index in [2.05, 4.69) is 15.6 Å². The smallest absolute Gasteiger partial charge is 0.412 e. The van der Waals surface area contributed by atoms with Crippen molar-refractivity contribution in [1.82, 2.24) is 15.8 Å². The molecule has 0 radical (unpaired) electrons. The second kappa shape index (κ2) is 9.53. The Hall–Kier alpha value is -4.19. The molecule has 12 nitrogen and oxygen atoms in total. The van der Waals surface area contributed by atoms with Gasteiger partial charge in [0.05, 0.1) is 0 Å². The van der Waals surface area contributed by atoms with Crippen molar-refractivity contribution in [1.29, 1.82) is 0 Å². The molecule has 0 aliphatic carbocycles. The van der Waals surface area contributed by atoms with Crippen LogP contribution < -0.4 is 15.7 Å². The molecule has 12 heteroatoms. The lowest BCUT2D eigenvalue weighted by Gasteiger charge is -2.19. The first-order chi connectivity index (χ1) is 15.6. The number of amides is 3. The Balaban J connectivity index is 1.72. The number of benzene rings is 1. The predicted octanol–water partition coefficient (Wildman–Crippen LogP) is 3.46. The summed E-state index contributed by atoms with van der Waals surface area (Å²) in [5.41, 5.74) is 1.78. The summed E-state index contributed by atoms with van der Waals surface area (Å²) < 4.78 is 15.5. The molecule has 3 N–H and O–H groups in total. The number of anilines is 2. The van der Waals surface area contributed by atoms with Crippen LogP contribution >= 0.6 is 0 Å². The maximum Gasteiger partial charge on any atom is 0.412 e. The highest BCUT2D eigenvalue weighted by Gasteiger charge is 2.25. The van der Waals surface area contributed by atoms with Crippen molar-refractivity contribution in [3.63, 3.8) is 0 Å². The Morgan fingerprint density at radius 2 is 1.73 bits per heavy atom. The minimum absolute atomic E-state index is 0.00298. The Labute approximate surface area is 188 Å². The molecule has 0 saturated heterocycles. The largest absolute Gasteiger partial charge is 0.444 e. The van der Waals surface area contributed by atoms with Gasteiger partial charge in [-0.1, -0.05) is 10.3 Å². The van der Waals surface area contributed by atoms with Gasteiger partial charge in [-0.25, -0.2) is 10.3 Å². The zero-order valence-corrected chi connectivity index (χ0v) is 18.4. The fraction of sp³-hybridized carbons (Fsp3) is 0.286. The molecule has 0 bridgehead atoms. The lowest BCUT2D eigenvalue weighted by molar-refractivity contribution is 0.0635. The molecule has 33 heavy (non-hydrogen) atoms. The van der Waals surface area contributed by atoms with Crippen molar-refractivity contribution >= 4 is 29.5 Å². The van der Waals surface area contributed by atoms with Gasteiger partial charge in [-0.15, -0.1) is 0 Å². The van der Waals surface area contributed by atoms with Gasteiger partial charge < -0.3 is 13.8 Å². The average Bonchev–Trinajstić information content (AvgIpc) is 3.43. The molecule has 0 aliphatic rings. The Morgan fingerprint density at radius 1 is 1.06 bits per heavy atom. The minimum Gasteiger partial charge on any atom is -0.444 e. The van der Waals surface area contributed by atoms with Crippen molar-refractivity contribution in [3.05, 3.63) is 47.8 Å². The van der Waals surface area contributed by atoms with Crippen LogP contribution in [0, 0.1) is 0 Å². The lowest BCUT2D eigenvalue weighted by atomic mass is 10.1. The lowest BCUT2D eigenvalue weighted by Crippen LogP contribution is -2.30. The number of hydroxylamine groups is 1. The fourth-order valence-corrected chi connectivity index (χ4v) is 2.75. The van der Waals surface area contributed by atoms with Crippen LogP contribution in [0.1, 0.15) is 48.7 Å². The predicted molar refractivity (Wildman–Crippen MR) is 115 cm³/mol. The molecule has 0 unspecified atom stereocenters. The summed E-state index contributed by atoms with van der Waals surface area (Å²) in [5.74, 6) is -1.08. The van der Waals surface area contributed by atoms with Crippen molar-refractivity contribution in [2.75, 3.05) is 16.8 Å². The zero-order valence-electron chi connectivity index (χ0n) is 18.4. The van der Waals surface area contributed by atoms with E-state index in [1.807, 2.05) is 0 Å². The van der Waals surface area contributed by atoms with Gasteiger partial charge in [0.2, 0.25) is 5.88 Å². The molecule has 0 atom stereocenters. The molecule has 2 heterocycles. The van der Waals surface area contributed by atoms with Gasteiger partial charge in [-0.2, -0.15) is 0 Å². The van der Waals surface area contributed by atoms with Gasteiger partial charge in [0.15, 0.2) is 17.1 Å². The molecular formula is C21H23N5O7. The SMILES string of the molecule is CCN(C(=O)c1cc(-c2ccc(NC(=O)OC(C)(C)C)cc2)on1)c1cc(C(=O)NO)no1. The van der Waals surface area contributed by atoms with Crippen LogP contribution in [-0.2, 0) is 4.74 Å². The van der Waals surface area contributed by atoms with E-state index in [4.69, 9.17) is 19.0 Å². The maximum atomic E-state index is 12.9. The van der Waals surface area contributed by atoms with E-state index in [0.717, 1.165) is 0 Å². The van der Waals surface area contributed by atoms with Gasteiger partial charge in [0.25, 0.3) is 11.8 Å². The third-order valence-electron chi connectivity index (χ3n) is 4.20. The van der Waals surface area contributed by atoms with E-state index in [9.17, 15) is 14.4 Å². The monoisotopic (exact) mass is 457 g/mol. The number of nitrogens with one attached hydrogen (secondary N) is 2. The second-order valence-corrected chi connectivity index (χ2v) is 7.82.